The molecule has 0 spiro atoms. The Morgan fingerprint density at radius 1 is 1.23 bits per heavy atom. The summed E-state index contributed by atoms with van der Waals surface area (Å²) in [7, 11) is 0. The number of piperidine rings is 1. The van der Waals surface area contributed by atoms with Crippen LogP contribution in [0.1, 0.15) is 19.8 Å². The van der Waals surface area contributed by atoms with Crippen molar-refractivity contribution in [3.8, 4) is 11.6 Å². The molecular weight excluding hydrogens is 450 g/mol. The number of carbonyl (C=O) groups is 1. The molecule has 8 nitrogen and oxygen atoms in total. The van der Waals surface area contributed by atoms with Crippen molar-refractivity contribution < 1.29 is 14.3 Å². The molecule has 3 aromatic rings. The Balaban J connectivity index is 1.55. The van der Waals surface area contributed by atoms with Crippen LogP contribution in [0.15, 0.2) is 41.3 Å². The molecular formula is C21H22BrN5O3. The van der Waals surface area contributed by atoms with Gasteiger partial charge >= 0.3 is 5.97 Å². The summed E-state index contributed by atoms with van der Waals surface area (Å²) in [6.07, 6.45) is 4.54. The standard InChI is InChI=1S/C21H22BrN5O3/c1-2-29-21(28)13-7-10-27(11-8-13)19-17(23)20(26-12-25-19)30-16-6-5-15(22)14-4-3-9-24-18(14)16/h3-6,9,12-13H,2,7-8,10-11,23H2,1H3. The third-order valence-corrected chi connectivity index (χ3v) is 5.82. The number of ether oxygens (including phenoxy) is 2. The van der Waals surface area contributed by atoms with Gasteiger partial charge in [-0.2, -0.15) is 4.98 Å². The maximum atomic E-state index is 12.0. The molecule has 30 heavy (non-hydrogen) atoms. The van der Waals surface area contributed by atoms with Crippen LogP contribution in [-0.4, -0.2) is 40.6 Å². The van der Waals surface area contributed by atoms with Crippen LogP contribution in [0.2, 0.25) is 0 Å². The number of hydrogen-bond acceptors (Lipinski definition) is 8. The summed E-state index contributed by atoms with van der Waals surface area (Å²) in [5, 5.41) is 0.934. The first kappa shape index (κ1) is 20.3. The molecule has 0 aliphatic carbocycles. The van der Waals surface area contributed by atoms with Gasteiger partial charge in [-0.15, -0.1) is 0 Å². The number of carbonyl (C=O) groups excluding carboxylic acids is 1. The van der Waals surface area contributed by atoms with Gasteiger partial charge in [-0.1, -0.05) is 22.0 Å². The first-order chi connectivity index (χ1) is 14.6. The van der Waals surface area contributed by atoms with Gasteiger partial charge in [0, 0.05) is 29.1 Å². The number of hydrogen-bond donors (Lipinski definition) is 1. The number of esters is 1. The molecule has 1 aliphatic heterocycles. The number of aromatic nitrogens is 3. The van der Waals surface area contributed by atoms with E-state index in [-0.39, 0.29) is 17.8 Å². The Labute approximate surface area is 182 Å². The first-order valence-corrected chi connectivity index (χ1v) is 10.6. The molecule has 1 saturated heterocycles. The predicted octanol–water partition coefficient (Wildman–Crippen LogP) is 3.94. The molecule has 0 bridgehead atoms. The zero-order valence-corrected chi connectivity index (χ0v) is 18.1. The monoisotopic (exact) mass is 471 g/mol. The average molecular weight is 472 g/mol. The molecule has 1 aliphatic rings. The zero-order valence-electron chi connectivity index (χ0n) is 16.5. The van der Waals surface area contributed by atoms with Crippen molar-refractivity contribution in [2.45, 2.75) is 19.8 Å². The number of anilines is 2. The molecule has 0 radical (unpaired) electrons. The third-order valence-electron chi connectivity index (χ3n) is 5.13. The molecule has 0 atom stereocenters. The normalized spacial score (nSPS) is 14.7. The maximum absolute atomic E-state index is 12.0. The van der Waals surface area contributed by atoms with Gasteiger partial charge in [-0.3, -0.25) is 9.78 Å². The van der Waals surface area contributed by atoms with Gasteiger partial charge in [0.05, 0.1) is 12.5 Å². The second-order valence-corrected chi connectivity index (χ2v) is 7.83. The van der Waals surface area contributed by atoms with Crippen molar-refractivity contribution in [3.63, 3.8) is 0 Å². The van der Waals surface area contributed by atoms with Gasteiger partial charge in [-0.25, -0.2) is 4.98 Å². The molecule has 1 fully saturated rings. The molecule has 1 aromatic carbocycles. The van der Waals surface area contributed by atoms with E-state index >= 15 is 0 Å². The van der Waals surface area contributed by atoms with Crippen LogP contribution < -0.4 is 15.4 Å². The van der Waals surface area contributed by atoms with E-state index in [4.69, 9.17) is 15.2 Å². The maximum Gasteiger partial charge on any atom is 0.309 e. The minimum Gasteiger partial charge on any atom is -0.466 e. The SMILES string of the molecule is CCOC(=O)C1CCN(c2ncnc(Oc3ccc(Br)c4cccnc34)c2N)CC1. The fourth-order valence-corrected chi connectivity index (χ4v) is 4.04. The molecule has 0 unspecified atom stereocenters. The lowest BCUT2D eigenvalue weighted by Gasteiger charge is -2.32. The lowest BCUT2D eigenvalue weighted by Crippen LogP contribution is -2.37. The Morgan fingerprint density at radius 3 is 2.80 bits per heavy atom. The second-order valence-electron chi connectivity index (χ2n) is 6.98. The fraction of sp³-hybridized carbons (Fsp3) is 0.333. The zero-order chi connectivity index (χ0) is 21.1. The predicted molar refractivity (Wildman–Crippen MR) is 118 cm³/mol. The van der Waals surface area contributed by atoms with Crippen LogP contribution in [0, 0.1) is 5.92 Å². The first-order valence-electron chi connectivity index (χ1n) is 9.81. The van der Waals surface area contributed by atoms with Gasteiger partial charge in [0.1, 0.15) is 17.5 Å². The summed E-state index contributed by atoms with van der Waals surface area (Å²) in [6.45, 7) is 3.54. The lowest BCUT2D eigenvalue weighted by atomic mass is 9.97. The van der Waals surface area contributed by atoms with Gasteiger partial charge in [-0.05, 0) is 38.0 Å². The molecule has 4 rings (SSSR count). The van der Waals surface area contributed by atoms with Crippen molar-refractivity contribution in [2.24, 2.45) is 5.92 Å². The Bertz CT molecular complexity index is 1070. The van der Waals surface area contributed by atoms with E-state index in [0.717, 1.165) is 9.86 Å². The summed E-state index contributed by atoms with van der Waals surface area (Å²) in [5.74, 6) is 1.23. The number of rotatable bonds is 5. The highest BCUT2D eigenvalue weighted by molar-refractivity contribution is 9.10. The number of nitrogens with zero attached hydrogens (tertiary/aromatic N) is 4. The highest BCUT2D eigenvalue weighted by Crippen LogP contribution is 2.37. The number of halogens is 1. The van der Waals surface area contributed by atoms with Crippen molar-refractivity contribution in [1.82, 2.24) is 15.0 Å². The molecule has 0 saturated carbocycles. The van der Waals surface area contributed by atoms with E-state index in [1.807, 2.05) is 31.2 Å². The highest BCUT2D eigenvalue weighted by atomic mass is 79.9. The summed E-state index contributed by atoms with van der Waals surface area (Å²) >= 11 is 3.53. The Hall–Kier alpha value is -2.94. The summed E-state index contributed by atoms with van der Waals surface area (Å²) < 4.78 is 12.1. The number of nitrogen functional groups attached to an aromatic ring is 1. The van der Waals surface area contributed by atoms with Crippen LogP contribution in [0.3, 0.4) is 0 Å². The van der Waals surface area contributed by atoms with Crippen LogP contribution in [0.4, 0.5) is 11.5 Å². The van der Waals surface area contributed by atoms with E-state index in [1.54, 1.807) is 6.20 Å². The Kier molecular flexibility index (Phi) is 5.98. The van der Waals surface area contributed by atoms with Crippen molar-refractivity contribution in [2.75, 3.05) is 30.3 Å². The molecule has 9 heteroatoms. The fourth-order valence-electron chi connectivity index (χ4n) is 3.59. The van der Waals surface area contributed by atoms with Gasteiger partial charge in [0.25, 0.3) is 0 Å². The third kappa shape index (κ3) is 4.02. The van der Waals surface area contributed by atoms with Crippen molar-refractivity contribution in [1.29, 1.82) is 0 Å². The van der Waals surface area contributed by atoms with Gasteiger partial charge < -0.3 is 20.1 Å². The van der Waals surface area contributed by atoms with Crippen molar-refractivity contribution in [3.05, 3.63) is 41.3 Å². The summed E-state index contributed by atoms with van der Waals surface area (Å²) in [5.41, 5.74) is 7.44. The quantitative estimate of drug-likeness (QED) is 0.557. The van der Waals surface area contributed by atoms with E-state index < -0.39 is 0 Å². The van der Waals surface area contributed by atoms with E-state index in [1.165, 1.54) is 6.33 Å². The van der Waals surface area contributed by atoms with E-state index in [0.29, 0.717) is 55.3 Å². The van der Waals surface area contributed by atoms with E-state index in [2.05, 4.69) is 35.8 Å². The molecule has 2 N–H and O–H groups in total. The minimum atomic E-state index is -0.133. The summed E-state index contributed by atoms with van der Waals surface area (Å²) in [6, 6.07) is 7.55. The Morgan fingerprint density at radius 2 is 2.03 bits per heavy atom. The van der Waals surface area contributed by atoms with Crippen LogP contribution in [0.5, 0.6) is 11.6 Å². The number of fused-ring (bicyclic) bond motifs is 1. The topological polar surface area (TPSA) is 103 Å². The molecule has 2 aromatic heterocycles. The number of nitrogens with two attached hydrogens (primary N) is 1. The molecule has 3 heterocycles. The largest absolute Gasteiger partial charge is 0.466 e. The van der Waals surface area contributed by atoms with Crippen LogP contribution in [0.25, 0.3) is 10.9 Å². The van der Waals surface area contributed by atoms with Gasteiger partial charge in [0.2, 0.25) is 5.88 Å². The molecule has 156 valence electrons. The average Bonchev–Trinajstić information content (AvgIpc) is 2.77. The van der Waals surface area contributed by atoms with Crippen LogP contribution in [-0.2, 0) is 9.53 Å². The van der Waals surface area contributed by atoms with Gasteiger partial charge in [0.15, 0.2) is 11.6 Å². The van der Waals surface area contributed by atoms with Crippen molar-refractivity contribution >= 4 is 44.3 Å². The number of benzene rings is 1. The molecule has 0 amide bonds. The smallest absolute Gasteiger partial charge is 0.309 e. The number of pyridine rings is 1. The minimum absolute atomic E-state index is 0.0832. The lowest BCUT2D eigenvalue weighted by molar-refractivity contribution is -0.148. The highest BCUT2D eigenvalue weighted by Gasteiger charge is 2.28. The van der Waals surface area contributed by atoms with Crippen LogP contribution >= 0.6 is 15.9 Å². The summed E-state index contributed by atoms with van der Waals surface area (Å²) in [4.78, 5) is 27.0. The second kappa shape index (κ2) is 8.83. The van der Waals surface area contributed by atoms with E-state index in [9.17, 15) is 4.79 Å².